The number of carbonyl (C=O) groups excluding carboxylic acids is 2. The molecule has 3 aromatic rings. The molecule has 0 unspecified atom stereocenters. The zero-order valence-corrected chi connectivity index (χ0v) is 25.4. The molecule has 1 aromatic heterocycles. The first-order valence-corrected chi connectivity index (χ1v) is 16.6. The Labute approximate surface area is 254 Å². The Hall–Kier alpha value is -3.19. The third-order valence-electron chi connectivity index (χ3n) is 7.86. The second-order valence-electron chi connectivity index (χ2n) is 11.0. The van der Waals surface area contributed by atoms with E-state index in [1.165, 1.54) is 11.3 Å². The van der Waals surface area contributed by atoms with Crippen LogP contribution in [0, 0.1) is 5.92 Å². The minimum atomic E-state index is -10.7. The normalized spacial score (nSPS) is 22.9. The number of ether oxygens (including phenoxy) is 2. The second-order valence-corrected chi connectivity index (χ2v) is 13.9. The number of quaternary nitrogens is 1. The van der Waals surface area contributed by atoms with Crippen molar-refractivity contribution < 1.29 is 53.8 Å². The quantitative estimate of drug-likeness (QED) is 0.112. The van der Waals surface area contributed by atoms with Crippen LogP contribution in [0.25, 0.3) is 0 Å². The maximum absolute atomic E-state index is 13.7. The Morgan fingerprint density at radius 2 is 1.45 bits per heavy atom. The molecular formula is C29H33F6N2O5PS. The molecule has 44 heavy (non-hydrogen) atoms. The van der Waals surface area contributed by atoms with Gasteiger partial charge in [-0.2, -0.15) is 0 Å². The molecule has 6 rings (SSSR count). The van der Waals surface area contributed by atoms with Gasteiger partial charge in [-0.25, -0.2) is 4.79 Å². The third-order valence-corrected chi connectivity index (χ3v) is 8.90. The Bertz CT molecular complexity index is 1400. The van der Waals surface area contributed by atoms with Crippen LogP contribution in [-0.2, 0) is 15.1 Å². The standard InChI is InChI=1S/C29H32N2O5S.F6P/c1-35-26-13-12-25(37-26)27(32)30-16-19-31-17-14-21(15-18-31)24(20-31)36-28(33)29(34,22-8-4-2-5-9-22)23-10-6-3-7-11-23;1-7(2,3,4,5)6/h2-13,21,24,34H,14-20H2,1H3;/q;-1/p+1/t21?,24-,31?;/m0./s1. The Morgan fingerprint density at radius 1 is 0.932 bits per heavy atom. The molecule has 2 bridgehead atoms. The number of aliphatic hydroxyl groups is 1. The number of nitrogens with zero attached hydrogens (tertiary/aromatic N) is 1. The molecule has 7 nitrogen and oxygen atoms in total. The molecule has 2 N–H and O–H groups in total. The number of methoxy groups -OCH3 is 1. The number of benzene rings is 2. The summed E-state index contributed by atoms with van der Waals surface area (Å²) in [6.45, 7) is 4.02. The first kappa shape index (κ1) is 33.7. The van der Waals surface area contributed by atoms with E-state index in [-0.39, 0.29) is 17.9 Å². The predicted octanol–water partition coefficient (Wildman–Crippen LogP) is 6.96. The van der Waals surface area contributed by atoms with Crippen LogP contribution >= 0.6 is 19.1 Å². The average molecular weight is 667 g/mol. The SMILES string of the molecule is COc1ccc(C(=O)NCC[N+]23CCC(CC2)[C@@H](OC(=O)C(O)(c2ccccc2)c2ccccc2)C3)s1.F[P-](F)(F)(F)(F)F. The fourth-order valence-electron chi connectivity index (χ4n) is 5.70. The van der Waals surface area contributed by atoms with Gasteiger partial charge in [0.15, 0.2) is 11.2 Å². The van der Waals surface area contributed by atoms with Crippen molar-refractivity contribution in [2.45, 2.75) is 24.5 Å². The average Bonchev–Trinajstić information content (AvgIpc) is 3.46. The zero-order valence-electron chi connectivity index (χ0n) is 23.7. The van der Waals surface area contributed by atoms with Crippen molar-refractivity contribution in [1.82, 2.24) is 5.32 Å². The van der Waals surface area contributed by atoms with E-state index < -0.39 is 19.4 Å². The van der Waals surface area contributed by atoms with Gasteiger partial charge in [-0.05, 0) is 23.3 Å². The fraction of sp³-hybridized carbons (Fsp3) is 0.379. The molecule has 3 aliphatic rings. The summed E-state index contributed by atoms with van der Waals surface area (Å²) >= 11 is 1.32. The summed E-state index contributed by atoms with van der Waals surface area (Å²) in [6.07, 6.45) is 1.65. The van der Waals surface area contributed by atoms with E-state index in [0.717, 1.165) is 37.0 Å². The first-order chi connectivity index (χ1) is 20.4. The number of piperidine rings is 3. The number of hydrogen-bond acceptors (Lipinski definition) is 6. The van der Waals surface area contributed by atoms with Gasteiger partial charge in [-0.3, -0.25) is 4.79 Å². The van der Waals surface area contributed by atoms with Gasteiger partial charge in [0.1, 0.15) is 6.54 Å². The van der Waals surface area contributed by atoms with Gasteiger partial charge in [0, 0.05) is 18.8 Å². The van der Waals surface area contributed by atoms with Crippen molar-refractivity contribution in [2.75, 3.05) is 39.8 Å². The van der Waals surface area contributed by atoms with E-state index in [9.17, 15) is 39.9 Å². The number of carbonyl (C=O) groups is 2. The molecule has 242 valence electrons. The van der Waals surface area contributed by atoms with Gasteiger partial charge in [-0.1, -0.05) is 72.0 Å². The fourth-order valence-corrected chi connectivity index (χ4v) is 6.44. The Morgan fingerprint density at radius 3 is 1.93 bits per heavy atom. The molecular weight excluding hydrogens is 633 g/mol. The van der Waals surface area contributed by atoms with Crippen molar-refractivity contribution in [1.29, 1.82) is 0 Å². The number of thiophene rings is 1. The summed E-state index contributed by atoms with van der Waals surface area (Å²) in [4.78, 5) is 26.8. The number of nitrogens with one attached hydrogen (secondary N) is 1. The minimum absolute atomic E-state index is 0.0999. The summed E-state index contributed by atoms with van der Waals surface area (Å²) in [6, 6.07) is 21.5. The summed E-state index contributed by atoms with van der Waals surface area (Å²) in [5.41, 5.74) is -0.900. The molecule has 4 heterocycles. The molecule has 0 aliphatic carbocycles. The first-order valence-electron chi connectivity index (χ1n) is 13.8. The number of halogens is 6. The van der Waals surface area contributed by atoms with Crippen LogP contribution in [-0.4, -0.2) is 67.4 Å². The van der Waals surface area contributed by atoms with Gasteiger partial charge in [-0.15, -0.1) is 0 Å². The molecule has 1 atom stereocenters. The van der Waals surface area contributed by atoms with Crippen LogP contribution in [0.1, 0.15) is 33.6 Å². The number of amides is 1. The zero-order chi connectivity index (χ0) is 32.3. The molecule has 1 amide bonds. The molecule has 3 aliphatic heterocycles. The van der Waals surface area contributed by atoms with E-state index in [1.54, 1.807) is 43.5 Å². The van der Waals surface area contributed by atoms with Crippen molar-refractivity contribution in [2.24, 2.45) is 5.92 Å². The summed E-state index contributed by atoms with van der Waals surface area (Å²) in [5, 5.41) is 15.5. The molecule has 0 saturated carbocycles. The van der Waals surface area contributed by atoms with Crippen LogP contribution in [0.15, 0.2) is 72.8 Å². The predicted molar refractivity (Wildman–Crippen MR) is 155 cm³/mol. The molecule has 3 fully saturated rings. The van der Waals surface area contributed by atoms with E-state index in [0.29, 0.717) is 34.2 Å². The van der Waals surface area contributed by atoms with Crippen molar-refractivity contribution >= 4 is 31.0 Å². The summed E-state index contributed by atoms with van der Waals surface area (Å²) < 4.78 is 71.3. The van der Waals surface area contributed by atoms with Gasteiger partial charge < -0.3 is 24.4 Å². The van der Waals surface area contributed by atoms with E-state index in [1.807, 2.05) is 36.4 Å². The topological polar surface area (TPSA) is 84.9 Å². The van der Waals surface area contributed by atoms with Crippen molar-refractivity contribution in [3.8, 4) is 5.06 Å². The molecule has 0 radical (unpaired) electrons. The van der Waals surface area contributed by atoms with E-state index in [2.05, 4.69) is 5.32 Å². The third kappa shape index (κ3) is 9.16. The van der Waals surface area contributed by atoms with Gasteiger partial charge in [0.2, 0.25) is 5.60 Å². The van der Waals surface area contributed by atoms with Crippen molar-refractivity contribution in [3.05, 3.63) is 88.8 Å². The maximum atomic E-state index is 13.7. The van der Waals surface area contributed by atoms with Crippen LogP contribution in [0.5, 0.6) is 5.06 Å². The van der Waals surface area contributed by atoms with Crippen LogP contribution < -0.4 is 10.1 Å². The van der Waals surface area contributed by atoms with Crippen molar-refractivity contribution in [3.63, 3.8) is 0 Å². The summed E-state index contributed by atoms with van der Waals surface area (Å²) in [5.74, 6) is -0.452. The van der Waals surface area contributed by atoms with E-state index in [4.69, 9.17) is 9.47 Å². The Kier molecular flexibility index (Phi) is 9.16. The van der Waals surface area contributed by atoms with Crippen LogP contribution in [0.3, 0.4) is 0 Å². The molecule has 0 spiro atoms. The van der Waals surface area contributed by atoms with Gasteiger partial charge in [0.05, 0.1) is 38.2 Å². The number of esters is 1. The van der Waals surface area contributed by atoms with E-state index >= 15 is 0 Å². The van der Waals surface area contributed by atoms with Gasteiger partial charge >= 0.3 is 39.0 Å². The molecule has 15 heteroatoms. The summed E-state index contributed by atoms with van der Waals surface area (Å²) in [7, 11) is -9.07. The van der Waals surface area contributed by atoms with Crippen LogP contribution in [0.2, 0.25) is 0 Å². The monoisotopic (exact) mass is 666 g/mol. The Balaban J connectivity index is 0.000000566. The van der Waals surface area contributed by atoms with Crippen LogP contribution in [0.4, 0.5) is 25.2 Å². The number of hydrogen-bond donors (Lipinski definition) is 2. The molecule has 3 saturated heterocycles. The van der Waals surface area contributed by atoms with Gasteiger partial charge in [0.25, 0.3) is 5.91 Å². The number of rotatable bonds is 9. The number of fused-ring (bicyclic) bond motifs is 3. The molecule has 2 aromatic carbocycles. The second kappa shape index (κ2) is 12.0.